The van der Waals surface area contributed by atoms with Gasteiger partial charge in [-0.15, -0.1) is 0 Å². The number of nitrogens with zero attached hydrogens (tertiary/aromatic N) is 1. The third kappa shape index (κ3) is 3.92. The molecule has 0 aliphatic carbocycles. The van der Waals surface area contributed by atoms with Gasteiger partial charge < -0.3 is 5.32 Å². The Morgan fingerprint density at radius 3 is 2.65 bits per heavy atom. The Labute approximate surface area is 134 Å². The minimum absolute atomic E-state index is 0.00982. The second-order valence-corrected chi connectivity index (χ2v) is 7.30. The number of amides is 1. The van der Waals surface area contributed by atoms with Crippen LogP contribution in [-0.2, 0) is 14.6 Å². The van der Waals surface area contributed by atoms with Crippen LogP contribution in [0.3, 0.4) is 0 Å². The van der Waals surface area contributed by atoms with Gasteiger partial charge in [-0.25, -0.2) is 12.8 Å². The van der Waals surface area contributed by atoms with Gasteiger partial charge in [-0.1, -0.05) is 6.07 Å². The summed E-state index contributed by atoms with van der Waals surface area (Å²) in [5.41, 5.74) is 0.707. The number of carbonyl (C=O) groups is 1. The number of halogens is 1. The van der Waals surface area contributed by atoms with E-state index in [9.17, 15) is 17.6 Å². The van der Waals surface area contributed by atoms with Gasteiger partial charge in [0.15, 0.2) is 9.84 Å². The predicted molar refractivity (Wildman–Crippen MR) is 84.0 cm³/mol. The monoisotopic (exact) mass is 336 g/mol. The van der Waals surface area contributed by atoms with Crippen LogP contribution in [0.25, 0.3) is 0 Å². The van der Waals surface area contributed by atoms with Crippen molar-refractivity contribution in [1.29, 1.82) is 0 Å². The van der Waals surface area contributed by atoms with E-state index in [4.69, 9.17) is 0 Å². The number of nitrogens with one attached hydrogen (secondary N) is 1. The number of hydrogen-bond acceptors (Lipinski definition) is 4. The van der Waals surface area contributed by atoms with Crippen LogP contribution < -0.4 is 5.32 Å². The van der Waals surface area contributed by atoms with Crippen LogP contribution in [0.5, 0.6) is 0 Å². The maximum absolute atomic E-state index is 13.4. The summed E-state index contributed by atoms with van der Waals surface area (Å²) in [6, 6.07) is 6.91. The summed E-state index contributed by atoms with van der Waals surface area (Å²) >= 11 is 0. The molecule has 0 unspecified atom stereocenters. The van der Waals surface area contributed by atoms with Crippen LogP contribution in [0.1, 0.15) is 23.3 Å². The molecule has 0 bridgehead atoms. The van der Waals surface area contributed by atoms with Crippen molar-refractivity contribution in [2.45, 2.75) is 24.0 Å². The molecule has 0 spiro atoms. The molecule has 0 fully saturated rings. The Balaban J connectivity index is 2.47. The molecule has 0 aliphatic heterocycles. The fraction of sp³-hybridized carbons (Fsp3) is 0.250. The Kier molecular flexibility index (Phi) is 5.10. The van der Waals surface area contributed by atoms with E-state index in [1.165, 1.54) is 38.4 Å². The Morgan fingerprint density at radius 1 is 1.35 bits per heavy atom. The van der Waals surface area contributed by atoms with E-state index in [2.05, 4.69) is 10.3 Å². The highest BCUT2D eigenvalue weighted by Crippen LogP contribution is 2.29. The lowest BCUT2D eigenvalue weighted by Crippen LogP contribution is -2.30. The van der Waals surface area contributed by atoms with Crippen LogP contribution in [0.15, 0.2) is 47.6 Å². The fourth-order valence-electron chi connectivity index (χ4n) is 2.17. The van der Waals surface area contributed by atoms with E-state index in [0.29, 0.717) is 5.56 Å². The summed E-state index contributed by atoms with van der Waals surface area (Å²) < 4.78 is 39.2. The van der Waals surface area contributed by atoms with E-state index in [-0.39, 0.29) is 22.9 Å². The lowest BCUT2D eigenvalue weighted by atomic mass is 10.2. The van der Waals surface area contributed by atoms with Gasteiger partial charge in [0, 0.05) is 25.9 Å². The molecule has 1 aromatic heterocycles. The van der Waals surface area contributed by atoms with Gasteiger partial charge in [0.25, 0.3) is 0 Å². The summed E-state index contributed by atoms with van der Waals surface area (Å²) in [4.78, 5) is 15.1. The van der Waals surface area contributed by atoms with Crippen molar-refractivity contribution in [3.63, 3.8) is 0 Å². The van der Waals surface area contributed by atoms with Gasteiger partial charge in [-0.2, -0.15) is 0 Å². The zero-order valence-corrected chi connectivity index (χ0v) is 13.6. The molecule has 0 saturated carbocycles. The van der Waals surface area contributed by atoms with E-state index >= 15 is 0 Å². The minimum Gasteiger partial charge on any atom is -0.355 e. The Bertz CT molecular complexity index is 807. The summed E-state index contributed by atoms with van der Waals surface area (Å²) in [6.45, 7) is 2.73. The van der Waals surface area contributed by atoms with Gasteiger partial charge in [-0.3, -0.25) is 9.78 Å². The lowest BCUT2D eigenvalue weighted by molar-refractivity contribution is -0.118. The van der Waals surface area contributed by atoms with E-state index in [0.717, 1.165) is 6.07 Å². The fourth-order valence-corrected chi connectivity index (χ4v) is 3.90. The molecule has 5 nitrogen and oxygen atoms in total. The summed E-state index contributed by atoms with van der Waals surface area (Å²) in [5.74, 6) is -0.798. The van der Waals surface area contributed by atoms with Gasteiger partial charge in [0.1, 0.15) is 11.1 Å². The Morgan fingerprint density at radius 2 is 2.09 bits per heavy atom. The third-order valence-corrected chi connectivity index (χ3v) is 5.52. The van der Waals surface area contributed by atoms with Crippen molar-refractivity contribution in [1.82, 2.24) is 10.3 Å². The van der Waals surface area contributed by atoms with Crippen molar-refractivity contribution < 1.29 is 17.6 Å². The number of sulfone groups is 1. The zero-order chi connectivity index (χ0) is 17.0. The molecule has 1 amide bonds. The molecule has 1 N–H and O–H groups in total. The molecule has 0 radical (unpaired) electrons. The average Bonchev–Trinajstić information content (AvgIpc) is 2.50. The zero-order valence-electron chi connectivity index (χ0n) is 12.8. The molecular formula is C16H17FN2O3S. The normalized spacial score (nSPS) is 12.7. The molecule has 1 aromatic carbocycles. The van der Waals surface area contributed by atoms with Gasteiger partial charge in [0.05, 0.1) is 4.90 Å². The summed E-state index contributed by atoms with van der Waals surface area (Å²) in [6.07, 6.45) is 2.98. The Hall–Kier alpha value is -2.28. The first kappa shape index (κ1) is 17.1. The first-order valence-electron chi connectivity index (χ1n) is 6.97. The number of aryl methyl sites for hydroxylation is 1. The number of hydrogen-bond donors (Lipinski definition) is 1. The maximum Gasteiger partial charge on any atom is 0.216 e. The molecule has 1 atom stereocenters. The number of benzene rings is 1. The topological polar surface area (TPSA) is 76.1 Å². The molecule has 1 heterocycles. The number of carbonyl (C=O) groups excluding carboxylic acids is 1. The second-order valence-electron chi connectivity index (χ2n) is 5.17. The van der Waals surface area contributed by atoms with Crippen LogP contribution >= 0.6 is 0 Å². The van der Waals surface area contributed by atoms with E-state index < -0.39 is 20.9 Å². The van der Waals surface area contributed by atoms with Crippen molar-refractivity contribution >= 4 is 15.7 Å². The molecule has 0 aliphatic rings. The summed E-state index contributed by atoms with van der Waals surface area (Å²) in [5, 5.41) is 1.53. The molecule has 2 aromatic rings. The van der Waals surface area contributed by atoms with Gasteiger partial charge in [0.2, 0.25) is 5.91 Å². The summed E-state index contributed by atoms with van der Waals surface area (Å²) in [7, 11) is -3.81. The van der Waals surface area contributed by atoms with Crippen LogP contribution in [0, 0.1) is 12.7 Å². The van der Waals surface area contributed by atoms with Crippen LogP contribution in [0.2, 0.25) is 0 Å². The smallest absolute Gasteiger partial charge is 0.216 e. The van der Waals surface area contributed by atoms with Crippen LogP contribution in [0.4, 0.5) is 4.39 Å². The lowest BCUT2D eigenvalue weighted by Gasteiger charge is -2.18. The molecule has 0 saturated heterocycles. The minimum atomic E-state index is -3.81. The SMILES string of the molecule is CC(=O)NC[C@H](c1cccnc1)S(=O)(=O)c1ccc(F)c(C)c1. The highest BCUT2D eigenvalue weighted by Gasteiger charge is 2.30. The second kappa shape index (κ2) is 6.87. The molecule has 122 valence electrons. The molecule has 7 heteroatoms. The van der Waals surface area contributed by atoms with Crippen molar-refractivity contribution in [2.24, 2.45) is 0 Å². The first-order valence-corrected chi connectivity index (χ1v) is 8.51. The largest absolute Gasteiger partial charge is 0.355 e. The van der Waals surface area contributed by atoms with E-state index in [1.807, 2.05) is 0 Å². The molecule has 2 rings (SSSR count). The van der Waals surface area contributed by atoms with Crippen LogP contribution in [-0.4, -0.2) is 25.9 Å². The van der Waals surface area contributed by atoms with Gasteiger partial charge >= 0.3 is 0 Å². The van der Waals surface area contributed by atoms with Crippen molar-refractivity contribution in [2.75, 3.05) is 6.54 Å². The maximum atomic E-state index is 13.4. The van der Waals surface area contributed by atoms with E-state index in [1.54, 1.807) is 12.1 Å². The first-order chi connectivity index (χ1) is 10.8. The van der Waals surface area contributed by atoms with Gasteiger partial charge in [-0.05, 0) is 42.3 Å². The highest BCUT2D eigenvalue weighted by atomic mass is 32.2. The predicted octanol–water partition coefficient (Wildman–Crippen LogP) is 2.18. The third-order valence-electron chi connectivity index (χ3n) is 3.43. The molecule has 23 heavy (non-hydrogen) atoms. The highest BCUT2D eigenvalue weighted by molar-refractivity contribution is 7.91. The van der Waals surface area contributed by atoms with Crippen molar-refractivity contribution in [3.05, 3.63) is 59.7 Å². The number of aromatic nitrogens is 1. The average molecular weight is 336 g/mol. The standard InChI is InChI=1S/C16H17FN2O3S/c1-11-8-14(5-6-15(11)17)23(21,22)16(10-19-12(2)20)13-4-3-7-18-9-13/h3-9,16H,10H2,1-2H3,(H,19,20)/t16-/m1/s1. The van der Waals surface area contributed by atoms with Crippen molar-refractivity contribution in [3.8, 4) is 0 Å². The number of pyridine rings is 1. The quantitative estimate of drug-likeness (QED) is 0.849. The number of rotatable bonds is 5. The molecular weight excluding hydrogens is 319 g/mol.